The molecule has 1 heterocycles. The fourth-order valence-corrected chi connectivity index (χ4v) is 11.0. The molecule has 6 N–H and O–H groups in total. The van der Waals surface area contributed by atoms with Crippen LogP contribution in [0, 0.1) is 0 Å². The number of carbonyl (C=O) groups excluding carboxylic acids is 2. The van der Waals surface area contributed by atoms with Gasteiger partial charge in [0.2, 0.25) is 5.91 Å². The molecule has 11 nitrogen and oxygen atoms in total. The van der Waals surface area contributed by atoms with Crippen molar-refractivity contribution < 1.29 is 49.3 Å². The largest absolute Gasteiger partial charge is 0.466 e. The lowest BCUT2D eigenvalue weighted by atomic mass is 9.99. The molecule has 0 radical (unpaired) electrons. The summed E-state index contributed by atoms with van der Waals surface area (Å²) in [4.78, 5) is 25.1. The van der Waals surface area contributed by atoms with Gasteiger partial charge in [0.1, 0.15) is 24.4 Å². The van der Waals surface area contributed by atoms with E-state index in [1.54, 1.807) is 6.08 Å². The second kappa shape index (κ2) is 62.7. The Hall–Kier alpha value is -2.90. The Morgan fingerprint density at radius 2 is 0.847 bits per heavy atom. The predicted molar refractivity (Wildman–Crippen MR) is 356 cm³/mol. The first-order valence-corrected chi connectivity index (χ1v) is 35.7. The van der Waals surface area contributed by atoms with E-state index < -0.39 is 49.5 Å². The quantitative estimate of drug-likeness (QED) is 0.0195. The van der Waals surface area contributed by atoms with Gasteiger partial charge in [-0.1, -0.05) is 272 Å². The number of esters is 1. The SMILES string of the molecule is C/C=C/CC/C=C/CC/C=C/C(O)C(COC1OC(CO)C(O)C(O)C1O)NC(=O)CCCCCCCCCCCCCCCCC/C=C\C/C=C\CCCCCCCCCCCOC(=O)CCCCCCCCC/C=C\CCCCCCCC. The first-order chi connectivity index (χ1) is 41.7. The van der Waals surface area contributed by atoms with Crippen molar-refractivity contribution in [1.82, 2.24) is 5.32 Å². The highest BCUT2D eigenvalue weighted by Gasteiger charge is 2.44. The standard InChI is InChI=1S/C74H133NO10/c1-3-5-7-9-11-13-14-15-16-32-36-39-42-46-50-54-58-62-70(79)83-63-59-55-51-47-43-40-37-34-31-29-27-25-23-21-19-17-18-20-22-24-26-28-30-33-35-38-41-45-49-53-57-61-69(78)75-66(67(77)60-56-52-48-44-12-10-8-6-4-2)65-84-74-73(82)72(81)71(80)68(64-76)85-74/h4,6,12,15-16,19,21,25,27,44,56,60,66-68,71-74,76-77,80-82H,3,5,7-11,13-14,17-18,20,22-24,26,28-43,45-55,57-59,61-65H2,1-2H3,(H,75,78)/b6-4+,16-15-,21-19-,27-25-,44-12+,60-56+. The highest BCUT2D eigenvalue weighted by molar-refractivity contribution is 5.76. The van der Waals surface area contributed by atoms with Gasteiger partial charge in [0, 0.05) is 12.8 Å². The smallest absolute Gasteiger partial charge is 0.305 e. The molecule has 7 unspecified atom stereocenters. The number of amides is 1. The van der Waals surface area contributed by atoms with Crippen LogP contribution in [0.2, 0.25) is 0 Å². The summed E-state index contributed by atoms with van der Waals surface area (Å²) in [5.74, 6) is -0.198. The summed E-state index contributed by atoms with van der Waals surface area (Å²) in [7, 11) is 0. The molecule has 7 atom stereocenters. The van der Waals surface area contributed by atoms with Crippen LogP contribution in [0.5, 0.6) is 0 Å². The number of aliphatic hydroxyl groups excluding tert-OH is 5. The lowest BCUT2D eigenvalue weighted by molar-refractivity contribution is -0.302. The topological polar surface area (TPSA) is 175 Å². The molecule has 0 aliphatic carbocycles. The Bertz CT molecular complexity index is 1640. The van der Waals surface area contributed by atoms with Crippen molar-refractivity contribution in [1.29, 1.82) is 0 Å². The number of unbranched alkanes of at least 4 members (excludes halogenated alkanes) is 39. The summed E-state index contributed by atoms with van der Waals surface area (Å²) in [6.07, 6.45) is 75.1. The molecule has 1 aliphatic heterocycles. The van der Waals surface area contributed by atoms with Gasteiger partial charge in [-0.3, -0.25) is 9.59 Å². The number of ether oxygens (including phenoxy) is 3. The van der Waals surface area contributed by atoms with E-state index in [0.717, 1.165) is 70.6 Å². The van der Waals surface area contributed by atoms with Gasteiger partial charge in [-0.2, -0.15) is 0 Å². The molecule has 1 saturated heterocycles. The van der Waals surface area contributed by atoms with Gasteiger partial charge in [0.15, 0.2) is 6.29 Å². The molecule has 0 saturated carbocycles. The summed E-state index contributed by atoms with van der Waals surface area (Å²) in [5, 5.41) is 54.2. The zero-order chi connectivity index (χ0) is 61.6. The van der Waals surface area contributed by atoms with Crippen molar-refractivity contribution >= 4 is 11.9 Å². The van der Waals surface area contributed by atoms with Crippen LogP contribution < -0.4 is 5.32 Å². The highest BCUT2D eigenvalue weighted by Crippen LogP contribution is 2.23. The second-order valence-electron chi connectivity index (χ2n) is 24.6. The van der Waals surface area contributed by atoms with E-state index in [9.17, 15) is 35.1 Å². The molecule has 0 aromatic heterocycles. The number of allylic oxidation sites excluding steroid dienone is 11. The summed E-state index contributed by atoms with van der Waals surface area (Å²) < 4.78 is 16.7. The number of hydrogen-bond donors (Lipinski definition) is 6. The van der Waals surface area contributed by atoms with Crippen LogP contribution >= 0.6 is 0 Å². The molecule has 1 amide bonds. The zero-order valence-electron chi connectivity index (χ0n) is 54.8. The Morgan fingerprint density at radius 3 is 1.31 bits per heavy atom. The number of rotatable bonds is 62. The number of carbonyl (C=O) groups is 2. The summed E-state index contributed by atoms with van der Waals surface area (Å²) in [6, 6.07) is -0.834. The van der Waals surface area contributed by atoms with Crippen LogP contribution in [0.1, 0.15) is 322 Å². The molecular weight excluding hydrogens is 1060 g/mol. The van der Waals surface area contributed by atoms with E-state index in [0.29, 0.717) is 19.4 Å². The third-order valence-corrected chi connectivity index (χ3v) is 16.6. The summed E-state index contributed by atoms with van der Waals surface area (Å²) >= 11 is 0. The summed E-state index contributed by atoms with van der Waals surface area (Å²) in [5.41, 5.74) is 0. The Kier molecular flexibility index (Phi) is 59.1. The van der Waals surface area contributed by atoms with Crippen molar-refractivity contribution in [2.75, 3.05) is 19.8 Å². The van der Waals surface area contributed by atoms with E-state index in [2.05, 4.69) is 66.9 Å². The first-order valence-electron chi connectivity index (χ1n) is 35.7. The van der Waals surface area contributed by atoms with E-state index in [1.165, 1.54) is 225 Å². The van der Waals surface area contributed by atoms with Crippen molar-refractivity contribution in [3.63, 3.8) is 0 Å². The fourth-order valence-electron chi connectivity index (χ4n) is 11.0. The molecule has 11 heteroatoms. The molecule has 0 aromatic carbocycles. The predicted octanol–water partition coefficient (Wildman–Crippen LogP) is 18.3. The lowest BCUT2D eigenvalue weighted by Crippen LogP contribution is -2.60. The van der Waals surface area contributed by atoms with Crippen LogP contribution in [-0.2, 0) is 23.8 Å². The van der Waals surface area contributed by atoms with Crippen molar-refractivity contribution in [2.45, 2.75) is 365 Å². The highest BCUT2D eigenvalue weighted by atomic mass is 16.7. The fraction of sp³-hybridized carbons (Fsp3) is 0.811. The molecular formula is C74H133NO10. The molecule has 1 fully saturated rings. The number of aliphatic hydroxyl groups is 5. The number of nitrogens with one attached hydrogen (secondary N) is 1. The van der Waals surface area contributed by atoms with Gasteiger partial charge in [0.05, 0.1) is 32.0 Å². The van der Waals surface area contributed by atoms with Crippen LogP contribution in [0.3, 0.4) is 0 Å². The molecule has 0 spiro atoms. The normalized spacial score (nSPS) is 18.4. The Labute approximate surface area is 521 Å². The van der Waals surface area contributed by atoms with E-state index in [-0.39, 0.29) is 18.5 Å². The lowest BCUT2D eigenvalue weighted by Gasteiger charge is -2.40. The third-order valence-electron chi connectivity index (χ3n) is 16.6. The third kappa shape index (κ3) is 51.7. The van der Waals surface area contributed by atoms with E-state index in [1.807, 2.05) is 19.1 Å². The van der Waals surface area contributed by atoms with Crippen LogP contribution in [0.15, 0.2) is 72.9 Å². The molecule has 1 rings (SSSR count). The van der Waals surface area contributed by atoms with E-state index in [4.69, 9.17) is 14.2 Å². The average Bonchev–Trinajstić information content (AvgIpc) is 3.71. The van der Waals surface area contributed by atoms with Crippen molar-refractivity contribution in [3.8, 4) is 0 Å². The van der Waals surface area contributed by atoms with Gasteiger partial charge in [-0.25, -0.2) is 0 Å². The molecule has 85 heavy (non-hydrogen) atoms. The zero-order valence-corrected chi connectivity index (χ0v) is 54.8. The average molecular weight is 1200 g/mol. The molecule has 1 aliphatic rings. The number of hydrogen-bond acceptors (Lipinski definition) is 10. The molecule has 0 bridgehead atoms. The minimum Gasteiger partial charge on any atom is -0.466 e. The maximum atomic E-state index is 13.0. The monoisotopic (exact) mass is 1200 g/mol. The van der Waals surface area contributed by atoms with Gasteiger partial charge >= 0.3 is 5.97 Å². The van der Waals surface area contributed by atoms with Crippen LogP contribution in [0.4, 0.5) is 0 Å². The van der Waals surface area contributed by atoms with E-state index >= 15 is 0 Å². The van der Waals surface area contributed by atoms with Gasteiger partial charge in [-0.05, 0) is 110 Å². The van der Waals surface area contributed by atoms with Crippen molar-refractivity contribution in [2.24, 2.45) is 0 Å². The van der Waals surface area contributed by atoms with Gasteiger partial charge < -0.3 is 45.1 Å². The van der Waals surface area contributed by atoms with Crippen LogP contribution in [0.25, 0.3) is 0 Å². The Balaban J connectivity index is 1.92. The first kappa shape index (κ1) is 80.1. The van der Waals surface area contributed by atoms with Gasteiger partial charge in [-0.15, -0.1) is 0 Å². The van der Waals surface area contributed by atoms with Crippen LogP contribution in [-0.4, -0.2) is 100 Å². The van der Waals surface area contributed by atoms with Crippen molar-refractivity contribution in [3.05, 3.63) is 72.9 Å². The maximum absolute atomic E-state index is 13.0. The minimum absolute atomic E-state index is 0.00107. The minimum atomic E-state index is -1.58. The molecule has 494 valence electrons. The summed E-state index contributed by atoms with van der Waals surface area (Å²) in [6.45, 7) is 4.10. The maximum Gasteiger partial charge on any atom is 0.305 e. The Morgan fingerprint density at radius 1 is 0.459 bits per heavy atom. The second-order valence-corrected chi connectivity index (χ2v) is 24.6. The van der Waals surface area contributed by atoms with Gasteiger partial charge in [0.25, 0.3) is 0 Å². The molecule has 0 aromatic rings.